The van der Waals surface area contributed by atoms with Crippen LogP contribution >= 0.6 is 0 Å². The molecule has 0 bridgehead atoms. The van der Waals surface area contributed by atoms with Crippen LogP contribution in [-0.2, 0) is 4.79 Å². The molecule has 0 saturated heterocycles. The van der Waals surface area contributed by atoms with Crippen LogP contribution in [0.2, 0.25) is 0 Å². The predicted octanol–water partition coefficient (Wildman–Crippen LogP) is 5.43. The Bertz CT molecular complexity index is 1030. The molecule has 2 N–H and O–H groups in total. The minimum atomic E-state index is -0.980. The standard InChI is InChI=1S/C25H26FNO3/c1-16(21-12-13-24(26)23-5-3-2-4-22(21)23)27-19-9-6-18(14-19)17-7-10-20(11-8-17)30-15-25(28)29/h2-5,7-8,10-13,16,18-19,27H,6,9,14-15H2,1H3,(H,28,29)/t16?,18-,19?/m0/s1. The van der Waals surface area contributed by atoms with E-state index in [2.05, 4.69) is 12.2 Å². The minimum Gasteiger partial charge on any atom is -0.482 e. The molecule has 156 valence electrons. The van der Waals surface area contributed by atoms with Gasteiger partial charge in [-0.1, -0.05) is 42.5 Å². The Labute approximate surface area is 175 Å². The number of rotatable bonds is 7. The van der Waals surface area contributed by atoms with E-state index in [-0.39, 0.29) is 18.5 Å². The predicted molar refractivity (Wildman–Crippen MR) is 115 cm³/mol. The quantitative estimate of drug-likeness (QED) is 0.548. The van der Waals surface area contributed by atoms with Gasteiger partial charge in [0, 0.05) is 17.5 Å². The van der Waals surface area contributed by atoms with E-state index in [1.54, 1.807) is 6.07 Å². The zero-order chi connectivity index (χ0) is 21.1. The van der Waals surface area contributed by atoms with Gasteiger partial charge in [0.2, 0.25) is 0 Å². The summed E-state index contributed by atoms with van der Waals surface area (Å²) in [5, 5.41) is 14.1. The highest BCUT2D eigenvalue weighted by Crippen LogP contribution is 2.36. The number of carboxylic acid groups (broad SMARTS) is 1. The highest BCUT2D eigenvalue weighted by Gasteiger charge is 2.27. The van der Waals surface area contributed by atoms with Gasteiger partial charge in [-0.05, 0) is 66.8 Å². The van der Waals surface area contributed by atoms with Crippen LogP contribution in [0.1, 0.15) is 49.3 Å². The Balaban J connectivity index is 1.39. The smallest absolute Gasteiger partial charge is 0.341 e. The lowest BCUT2D eigenvalue weighted by molar-refractivity contribution is -0.139. The van der Waals surface area contributed by atoms with Gasteiger partial charge < -0.3 is 15.2 Å². The maximum Gasteiger partial charge on any atom is 0.341 e. The van der Waals surface area contributed by atoms with Gasteiger partial charge in [-0.15, -0.1) is 0 Å². The topological polar surface area (TPSA) is 58.6 Å². The van der Waals surface area contributed by atoms with E-state index < -0.39 is 5.97 Å². The van der Waals surface area contributed by atoms with E-state index in [9.17, 15) is 9.18 Å². The second kappa shape index (κ2) is 8.84. The van der Waals surface area contributed by atoms with Crippen molar-refractivity contribution in [2.24, 2.45) is 0 Å². The Morgan fingerprint density at radius 1 is 1.10 bits per heavy atom. The van der Waals surface area contributed by atoms with Gasteiger partial charge in [0.15, 0.2) is 6.61 Å². The molecule has 0 amide bonds. The lowest BCUT2D eigenvalue weighted by Crippen LogP contribution is -2.29. The Kier molecular flexibility index (Phi) is 6.00. The number of hydrogen-bond donors (Lipinski definition) is 2. The summed E-state index contributed by atoms with van der Waals surface area (Å²) in [5.74, 6) is -0.121. The number of aliphatic carboxylic acids is 1. The van der Waals surface area contributed by atoms with Crippen LogP contribution in [0.3, 0.4) is 0 Å². The second-order valence-corrected chi connectivity index (χ2v) is 8.03. The van der Waals surface area contributed by atoms with Crippen LogP contribution in [0.5, 0.6) is 5.75 Å². The molecule has 0 aliphatic heterocycles. The third kappa shape index (κ3) is 4.46. The Morgan fingerprint density at radius 2 is 1.83 bits per heavy atom. The van der Waals surface area contributed by atoms with Gasteiger partial charge in [0.05, 0.1) is 0 Å². The fourth-order valence-corrected chi connectivity index (χ4v) is 4.52. The molecule has 0 spiro atoms. The van der Waals surface area contributed by atoms with Gasteiger partial charge in [-0.2, -0.15) is 0 Å². The summed E-state index contributed by atoms with van der Waals surface area (Å²) in [6, 6.07) is 19.3. The summed E-state index contributed by atoms with van der Waals surface area (Å²) >= 11 is 0. The molecule has 1 fully saturated rings. The fraction of sp³-hybridized carbons (Fsp3) is 0.320. The largest absolute Gasteiger partial charge is 0.482 e. The summed E-state index contributed by atoms with van der Waals surface area (Å²) in [4.78, 5) is 10.6. The molecule has 0 heterocycles. The van der Waals surface area contributed by atoms with E-state index in [0.717, 1.165) is 30.2 Å². The summed E-state index contributed by atoms with van der Waals surface area (Å²) in [5.41, 5.74) is 2.37. The molecule has 3 atom stereocenters. The lowest BCUT2D eigenvalue weighted by atomic mass is 9.96. The number of halogens is 1. The highest BCUT2D eigenvalue weighted by molar-refractivity contribution is 5.86. The minimum absolute atomic E-state index is 0.131. The molecular formula is C25H26FNO3. The van der Waals surface area contributed by atoms with Crippen molar-refractivity contribution in [2.45, 2.75) is 44.2 Å². The van der Waals surface area contributed by atoms with Crippen LogP contribution in [0.4, 0.5) is 4.39 Å². The molecule has 3 aromatic carbocycles. The highest BCUT2D eigenvalue weighted by atomic mass is 19.1. The second-order valence-electron chi connectivity index (χ2n) is 8.03. The SMILES string of the molecule is CC(NC1CC[C@H](c2ccc(OCC(=O)O)cc2)C1)c1ccc(F)c2ccccc12. The van der Waals surface area contributed by atoms with Crippen LogP contribution in [-0.4, -0.2) is 23.7 Å². The van der Waals surface area contributed by atoms with Gasteiger partial charge >= 0.3 is 5.97 Å². The average Bonchev–Trinajstić information content (AvgIpc) is 3.21. The van der Waals surface area contributed by atoms with Crippen molar-refractivity contribution in [3.05, 3.63) is 77.6 Å². The van der Waals surface area contributed by atoms with E-state index >= 15 is 0 Å². The summed E-state index contributed by atoms with van der Waals surface area (Å²) in [6.07, 6.45) is 3.23. The maximum absolute atomic E-state index is 14.1. The first-order chi connectivity index (χ1) is 14.5. The Hall–Kier alpha value is -2.92. The number of fused-ring (bicyclic) bond motifs is 1. The molecule has 4 nitrogen and oxygen atoms in total. The van der Waals surface area contributed by atoms with Gasteiger partial charge in [0.1, 0.15) is 11.6 Å². The van der Waals surface area contributed by atoms with Crippen LogP contribution in [0, 0.1) is 5.82 Å². The van der Waals surface area contributed by atoms with Crippen molar-refractivity contribution >= 4 is 16.7 Å². The normalized spacial score (nSPS) is 19.7. The average molecular weight is 407 g/mol. The zero-order valence-corrected chi connectivity index (χ0v) is 17.0. The summed E-state index contributed by atoms with van der Waals surface area (Å²) in [6.45, 7) is 1.81. The molecular weight excluding hydrogens is 381 g/mol. The molecule has 2 unspecified atom stereocenters. The van der Waals surface area contributed by atoms with Crippen molar-refractivity contribution in [2.75, 3.05) is 6.61 Å². The number of carboxylic acids is 1. The first-order valence-corrected chi connectivity index (χ1v) is 10.4. The number of carbonyl (C=O) groups is 1. The number of benzene rings is 3. The molecule has 4 rings (SSSR count). The van der Waals surface area contributed by atoms with Gasteiger partial charge in [-0.25, -0.2) is 9.18 Å². The van der Waals surface area contributed by atoms with Crippen LogP contribution < -0.4 is 10.1 Å². The maximum atomic E-state index is 14.1. The van der Waals surface area contributed by atoms with Crippen molar-refractivity contribution in [3.8, 4) is 5.75 Å². The molecule has 3 aromatic rings. The molecule has 1 aliphatic rings. The van der Waals surface area contributed by atoms with Crippen molar-refractivity contribution < 1.29 is 19.0 Å². The number of nitrogens with one attached hydrogen (secondary N) is 1. The van der Waals surface area contributed by atoms with Crippen LogP contribution in [0.25, 0.3) is 10.8 Å². The summed E-state index contributed by atoms with van der Waals surface area (Å²) in [7, 11) is 0. The first-order valence-electron chi connectivity index (χ1n) is 10.4. The monoisotopic (exact) mass is 407 g/mol. The van der Waals surface area contributed by atoms with E-state index in [0.29, 0.717) is 23.1 Å². The third-order valence-electron chi connectivity index (χ3n) is 6.00. The number of ether oxygens (including phenoxy) is 1. The van der Waals surface area contributed by atoms with Gasteiger partial charge in [-0.3, -0.25) is 0 Å². The van der Waals surface area contributed by atoms with Crippen molar-refractivity contribution in [1.82, 2.24) is 5.32 Å². The molecule has 0 aromatic heterocycles. The zero-order valence-electron chi connectivity index (χ0n) is 17.0. The molecule has 30 heavy (non-hydrogen) atoms. The van der Waals surface area contributed by atoms with Crippen LogP contribution in [0.15, 0.2) is 60.7 Å². The lowest BCUT2D eigenvalue weighted by Gasteiger charge is -2.22. The first kappa shape index (κ1) is 20.4. The van der Waals surface area contributed by atoms with Crippen molar-refractivity contribution in [3.63, 3.8) is 0 Å². The fourth-order valence-electron chi connectivity index (χ4n) is 4.52. The summed E-state index contributed by atoms with van der Waals surface area (Å²) < 4.78 is 19.3. The third-order valence-corrected chi connectivity index (χ3v) is 6.00. The molecule has 5 heteroatoms. The van der Waals surface area contributed by atoms with E-state index in [1.807, 2.05) is 54.6 Å². The van der Waals surface area contributed by atoms with E-state index in [4.69, 9.17) is 9.84 Å². The van der Waals surface area contributed by atoms with E-state index in [1.165, 1.54) is 5.56 Å². The molecule has 1 saturated carbocycles. The molecule has 0 radical (unpaired) electrons. The Morgan fingerprint density at radius 3 is 2.57 bits per heavy atom. The number of hydrogen-bond acceptors (Lipinski definition) is 3. The van der Waals surface area contributed by atoms with Crippen molar-refractivity contribution in [1.29, 1.82) is 0 Å². The molecule has 1 aliphatic carbocycles. The van der Waals surface area contributed by atoms with Gasteiger partial charge in [0.25, 0.3) is 0 Å².